The van der Waals surface area contributed by atoms with Crippen LogP contribution in [0.3, 0.4) is 0 Å². The van der Waals surface area contributed by atoms with Crippen LogP contribution in [0.1, 0.15) is 58.3 Å². The Kier molecular flexibility index (Phi) is 6.36. The fourth-order valence-corrected chi connectivity index (χ4v) is 3.92. The average Bonchev–Trinajstić information content (AvgIpc) is 2.73. The predicted octanol–water partition coefficient (Wildman–Crippen LogP) is 4.75. The number of hydrogen-bond donors (Lipinski definition) is 2. The molecule has 3 aromatic rings. The molecule has 2 N–H and O–H groups in total. The molecule has 1 unspecified atom stereocenters. The highest BCUT2D eigenvalue weighted by Gasteiger charge is 2.22. The number of carboxylic acids is 1. The van der Waals surface area contributed by atoms with Gasteiger partial charge in [-0.25, -0.2) is 9.00 Å². The van der Waals surface area contributed by atoms with Crippen LogP contribution in [0.25, 0.3) is 0 Å². The van der Waals surface area contributed by atoms with Crippen molar-refractivity contribution >= 4 is 28.4 Å². The van der Waals surface area contributed by atoms with Gasteiger partial charge in [0.1, 0.15) is 16.7 Å². The van der Waals surface area contributed by atoms with E-state index in [4.69, 9.17) is 0 Å². The van der Waals surface area contributed by atoms with Gasteiger partial charge in [-0.3, -0.25) is 14.5 Å². The van der Waals surface area contributed by atoms with Gasteiger partial charge >= 0.3 is 5.97 Å². The molecule has 160 valence electrons. The average molecular weight is 437 g/mol. The van der Waals surface area contributed by atoms with Gasteiger partial charge in [0.25, 0.3) is 0 Å². The number of pyridine rings is 1. The fraction of sp³-hybridized carbons (Fsp3) is 0.208. The third-order valence-electron chi connectivity index (χ3n) is 4.78. The summed E-state index contributed by atoms with van der Waals surface area (Å²) >= 11 is 0. The predicted molar refractivity (Wildman–Crippen MR) is 121 cm³/mol. The van der Waals surface area contributed by atoms with E-state index in [1.807, 2.05) is 12.1 Å². The van der Waals surface area contributed by atoms with Crippen molar-refractivity contribution in [1.82, 2.24) is 4.98 Å². The molecule has 1 heterocycles. The van der Waals surface area contributed by atoms with Crippen molar-refractivity contribution in [2.24, 2.45) is 0 Å². The Hall–Kier alpha value is -3.32. The van der Waals surface area contributed by atoms with E-state index in [0.29, 0.717) is 4.90 Å². The Morgan fingerprint density at radius 3 is 2.19 bits per heavy atom. The van der Waals surface area contributed by atoms with E-state index in [0.717, 1.165) is 11.1 Å². The van der Waals surface area contributed by atoms with E-state index in [-0.39, 0.29) is 27.9 Å². The Labute approximate surface area is 183 Å². The summed E-state index contributed by atoms with van der Waals surface area (Å²) < 4.78 is 15.8. The summed E-state index contributed by atoms with van der Waals surface area (Å²) in [4.78, 5) is 29.4. The van der Waals surface area contributed by atoms with E-state index in [1.54, 1.807) is 37.3 Å². The molecule has 2 aromatic carbocycles. The molecule has 0 saturated carbocycles. The van der Waals surface area contributed by atoms with E-state index in [9.17, 15) is 18.9 Å². The largest absolute Gasteiger partial charge is 0.478 e. The van der Waals surface area contributed by atoms with Crippen LogP contribution >= 0.6 is 0 Å². The minimum absolute atomic E-state index is 0.0129. The van der Waals surface area contributed by atoms with Crippen LogP contribution in [0, 0.1) is 6.92 Å². The number of aromatic nitrogens is 1. The number of ketones is 1. The lowest BCUT2D eigenvalue weighted by Crippen LogP contribution is -2.15. The number of carbonyl (C=O) groups excluding carboxylic acids is 1. The number of aromatic carboxylic acids is 1. The van der Waals surface area contributed by atoms with Gasteiger partial charge in [0, 0.05) is 11.8 Å². The SMILES string of the molecule is Cc1cnc(C(=O)c2ccccc2C(=O)O)c(NS(=O)c2ccc(C(C)(C)C)cc2)c1. The number of hydrogen-bond acceptors (Lipinski definition) is 4. The van der Waals surface area contributed by atoms with Gasteiger partial charge in [0.2, 0.25) is 5.78 Å². The van der Waals surface area contributed by atoms with Crippen molar-refractivity contribution in [2.45, 2.75) is 38.0 Å². The third kappa shape index (κ3) is 5.06. The van der Waals surface area contributed by atoms with Crippen molar-refractivity contribution in [1.29, 1.82) is 0 Å². The first-order chi connectivity index (χ1) is 14.6. The molecule has 0 aliphatic carbocycles. The van der Waals surface area contributed by atoms with E-state index in [1.165, 1.54) is 18.3 Å². The van der Waals surface area contributed by atoms with Crippen molar-refractivity contribution < 1.29 is 18.9 Å². The molecule has 0 aliphatic heterocycles. The lowest BCUT2D eigenvalue weighted by molar-refractivity contribution is 0.0692. The Morgan fingerprint density at radius 1 is 1.00 bits per heavy atom. The fourth-order valence-electron chi connectivity index (χ4n) is 3.06. The molecular formula is C24H24N2O4S. The standard InChI is InChI=1S/C24H24N2O4S/c1-15-13-20(26-31(30)17-11-9-16(10-12-17)24(2,3)4)21(25-14-15)22(27)18-7-5-6-8-19(18)23(28)29/h5-14,26H,1-4H3,(H,28,29). The zero-order valence-corrected chi connectivity index (χ0v) is 18.6. The summed E-state index contributed by atoms with van der Waals surface area (Å²) in [5.74, 6) is -1.76. The summed E-state index contributed by atoms with van der Waals surface area (Å²) in [6.07, 6.45) is 1.52. The molecular weight excluding hydrogens is 412 g/mol. The van der Waals surface area contributed by atoms with Gasteiger partial charge in [0.15, 0.2) is 0 Å². The second-order valence-corrected chi connectivity index (χ2v) is 9.45. The number of benzene rings is 2. The van der Waals surface area contributed by atoms with Gasteiger partial charge in [-0.2, -0.15) is 0 Å². The molecule has 0 radical (unpaired) electrons. The maximum Gasteiger partial charge on any atom is 0.336 e. The van der Waals surface area contributed by atoms with Crippen LogP contribution in [0.5, 0.6) is 0 Å². The maximum atomic E-state index is 13.1. The summed E-state index contributed by atoms with van der Waals surface area (Å²) in [6.45, 7) is 8.10. The highest BCUT2D eigenvalue weighted by atomic mass is 32.2. The zero-order valence-electron chi connectivity index (χ0n) is 17.8. The number of anilines is 1. The second-order valence-electron chi connectivity index (χ2n) is 8.23. The van der Waals surface area contributed by atoms with Crippen LogP contribution in [0.2, 0.25) is 0 Å². The molecule has 0 aliphatic rings. The molecule has 1 atom stereocenters. The Bertz CT molecular complexity index is 1160. The summed E-state index contributed by atoms with van der Waals surface area (Å²) in [5, 5.41) is 9.41. The molecule has 6 nitrogen and oxygen atoms in total. The molecule has 1 aromatic heterocycles. The molecule has 0 amide bonds. The maximum absolute atomic E-state index is 13.1. The monoisotopic (exact) mass is 436 g/mol. The van der Waals surface area contributed by atoms with Crippen molar-refractivity contribution in [3.8, 4) is 0 Å². The Balaban J connectivity index is 1.95. The van der Waals surface area contributed by atoms with Crippen LogP contribution in [-0.2, 0) is 16.4 Å². The van der Waals surface area contributed by atoms with Gasteiger partial charge in [-0.05, 0) is 47.7 Å². The summed E-state index contributed by atoms with van der Waals surface area (Å²) in [7, 11) is -1.63. The number of nitrogens with one attached hydrogen (secondary N) is 1. The number of carboxylic acid groups (broad SMARTS) is 1. The first-order valence-electron chi connectivity index (χ1n) is 9.70. The first kappa shape index (κ1) is 22.4. The van der Waals surface area contributed by atoms with Gasteiger partial charge < -0.3 is 5.11 Å². The van der Waals surface area contributed by atoms with Crippen LogP contribution < -0.4 is 4.72 Å². The molecule has 0 saturated heterocycles. The van der Waals surface area contributed by atoms with Crippen LogP contribution in [0.4, 0.5) is 5.69 Å². The number of aryl methyl sites for hydroxylation is 1. The number of rotatable bonds is 6. The number of carbonyl (C=O) groups is 2. The second kappa shape index (κ2) is 8.81. The van der Waals surface area contributed by atoms with Gasteiger partial charge in [-0.1, -0.05) is 51.1 Å². The van der Waals surface area contributed by atoms with E-state index < -0.39 is 22.7 Å². The Morgan fingerprint density at radius 2 is 1.61 bits per heavy atom. The van der Waals surface area contributed by atoms with Crippen molar-refractivity contribution in [3.05, 3.63) is 88.7 Å². The third-order valence-corrected chi connectivity index (χ3v) is 5.88. The van der Waals surface area contributed by atoms with Gasteiger partial charge in [0.05, 0.1) is 16.1 Å². The lowest BCUT2D eigenvalue weighted by Gasteiger charge is -2.19. The topological polar surface area (TPSA) is 96.4 Å². The molecule has 0 spiro atoms. The highest BCUT2D eigenvalue weighted by Crippen LogP contribution is 2.25. The summed E-state index contributed by atoms with van der Waals surface area (Å²) in [6, 6.07) is 15.1. The normalized spacial score (nSPS) is 12.3. The minimum atomic E-state index is -1.63. The van der Waals surface area contributed by atoms with Gasteiger partial charge in [-0.15, -0.1) is 0 Å². The summed E-state index contributed by atoms with van der Waals surface area (Å²) in [5.41, 5.74) is 2.07. The smallest absolute Gasteiger partial charge is 0.336 e. The van der Waals surface area contributed by atoms with Crippen molar-refractivity contribution in [3.63, 3.8) is 0 Å². The van der Waals surface area contributed by atoms with Crippen molar-refractivity contribution in [2.75, 3.05) is 4.72 Å². The lowest BCUT2D eigenvalue weighted by atomic mass is 9.87. The van der Waals surface area contributed by atoms with Crippen LogP contribution in [0.15, 0.2) is 65.7 Å². The minimum Gasteiger partial charge on any atom is -0.478 e. The molecule has 0 bridgehead atoms. The molecule has 3 rings (SSSR count). The molecule has 0 fully saturated rings. The molecule has 31 heavy (non-hydrogen) atoms. The first-order valence-corrected chi connectivity index (χ1v) is 10.9. The number of nitrogens with zero attached hydrogens (tertiary/aromatic N) is 1. The van der Waals surface area contributed by atoms with E-state index >= 15 is 0 Å². The highest BCUT2D eigenvalue weighted by molar-refractivity contribution is 7.86. The van der Waals surface area contributed by atoms with E-state index in [2.05, 4.69) is 30.5 Å². The quantitative estimate of drug-likeness (QED) is 0.544. The van der Waals surface area contributed by atoms with Crippen LogP contribution in [-0.4, -0.2) is 26.1 Å². The molecule has 7 heteroatoms. The zero-order chi connectivity index (χ0) is 22.8.